The molecule has 0 aliphatic carbocycles. The minimum Gasteiger partial charge on any atom is -0.507 e. The van der Waals surface area contributed by atoms with Gasteiger partial charge in [0.25, 0.3) is 5.79 Å². The summed E-state index contributed by atoms with van der Waals surface area (Å²) in [7, 11) is 0. The van der Waals surface area contributed by atoms with Crippen LogP contribution in [0.3, 0.4) is 0 Å². The van der Waals surface area contributed by atoms with Gasteiger partial charge in [-0.25, -0.2) is 4.79 Å². The van der Waals surface area contributed by atoms with Crippen LogP contribution in [-0.4, -0.2) is 115 Å². The quantitative estimate of drug-likeness (QED) is 0.129. The topological polar surface area (TPSA) is 225 Å². The molecule has 2 aliphatic heterocycles. The van der Waals surface area contributed by atoms with Crippen molar-refractivity contribution in [1.29, 1.82) is 0 Å². The molecule has 14 nitrogen and oxygen atoms in total. The van der Waals surface area contributed by atoms with Crippen LogP contribution in [0.5, 0.6) is 11.5 Å². The summed E-state index contributed by atoms with van der Waals surface area (Å²) in [5.41, 5.74) is 0.111. The first-order chi connectivity index (χ1) is 19.0. The predicted molar refractivity (Wildman–Crippen MR) is 130 cm³/mol. The van der Waals surface area contributed by atoms with Gasteiger partial charge in [0.1, 0.15) is 54.2 Å². The average Bonchev–Trinajstić information content (AvgIpc) is 2.94. The third kappa shape index (κ3) is 5.91. The van der Waals surface area contributed by atoms with Gasteiger partial charge in [0, 0.05) is 0 Å². The number of phenols is 1. The lowest BCUT2D eigenvalue weighted by Crippen LogP contribution is -2.71. The Morgan fingerprint density at radius 3 is 2.33 bits per heavy atom. The first kappa shape index (κ1) is 30.1. The maximum absolute atomic E-state index is 12.9. The number of aromatic hydroxyl groups is 1. The van der Waals surface area contributed by atoms with E-state index in [9.17, 15) is 45.6 Å². The lowest BCUT2D eigenvalue weighted by Gasteiger charge is -2.49. The van der Waals surface area contributed by atoms with E-state index in [1.165, 1.54) is 13.0 Å². The van der Waals surface area contributed by atoms with Gasteiger partial charge in [-0.05, 0) is 24.6 Å². The molecule has 0 spiro atoms. The third-order valence-corrected chi connectivity index (χ3v) is 6.72. The van der Waals surface area contributed by atoms with Crippen molar-refractivity contribution in [3.8, 4) is 11.5 Å². The molecule has 4 rings (SSSR count). The van der Waals surface area contributed by atoms with Gasteiger partial charge in [-0.3, -0.25) is 0 Å². The van der Waals surface area contributed by atoms with Crippen LogP contribution in [0.2, 0.25) is 0 Å². The zero-order valence-corrected chi connectivity index (χ0v) is 21.3. The number of carbonyl (C=O) groups excluding carboxylic acids is 1. The average molecular weight is 569 g/mol. The zero-order valence-electron chi connectivity index (χ0n) is 21.3. The first-order valence-corrected chi connectivity index (χ1v) is 12.4. The molecule has 220 valence electrons. The van der Waals surface area contributed by atoms with Crippen LogP contribution >= 0.6 is 0 Å². The molecular formula is C26H32O14. The number of hydrogen-bond donors (Lipinski definition) is 8. The van der Waals surface area contributed by atoms with Crippen molar-refractivity contribution < 1.29 is 69.3 Å². The fourth-order valence-corrected chi connectivity index (χ4v) is 4.39. The summed E-state index contributed by atoms with van der Waals surface area (Å²) in [6.07, 6.45) is -15.8. The highest BCUT2D eigenvalue weighted by Gasteiger charge is 2.59. The maximum atomic E-state index is 12.9. The van der Waals surface area contributed by atoms with E-state index >= 15 is 0 Å². The predicted octanol–water partition coefficient (Wildman–Crippen LogP) is -1.90. The second-order valence-corrected chi connectivity index (χ2v) is 9.50. The van der Waals surface area contributed by atoms with Crippen LogP contribution in [0.4, 0.5) is 0 Å². The summed E-state index contributed by atoms with van der Waals surface area (Å²) in [5, 5.41) is 83.5. The van der Waals surface area contributed by atoms with E-state index in [0.29, 0.717) is 5.56 Å². The van der Waals surface area contributed by atoms with Crippen LogP contribution in [0.15, 0.2) is 48.5 Å². The van der Waals surface area contributed by atoms with Crippen LogP contribution in [0.25, 0.3) is 0 Å². The number of hydrogen-bond acceptors (Lipinski definition) is 14. The standard InChI is InChI=1S/C26H32O14/c1-12-18(29)22(32)26(35,25(37-12)39-21-20(31)19(30)16(10-27)38-24(21)34)40-15-9-5-8-14(28)17(15)23(33)36-11-13-6-3-2-4-7-13/h2-9,12,16,18-22,24-25,27-32,34-35H,10-11H2,1H3/t12?,16-,18?,19+,20?,21-,22?,24+,25?,26?/m1/s1. The molecule has 2 aromatic carbocycles. The molecule has 0 saturated carbocycles. The molecule has 0 aromatic heterocycles. The van der Waals surface area contributed by atoms with Crippen molar-refractivity contribution in [1.82, 2.24) is 0 Å². The summed E-state index contributed by atoms with van der Waals surface area (Å²) in [6.45, 7) is 0.420. The number of benzene rings is 2. The SMILES string of the molecule is CC1OC(O[C@@H]2C(O)[C@@H](O)[C@@H](CO)O[C@@H]2O)C(O)(Oc2cccc(O)c2C(=O)OCc2ccccc2)C(O)C1O. The lowest BCUT2D eigenvalue weighted by molar-refractivity contribution is -0.418. The molecule has 2 saturated heterocycles. The first-order valence-electron chi connectivity index (χ1n) is 12.4. The largest absolute Gasteiger partial charge is 0.507 e. The summed E-state index contributed by atoms with van der Waals surface area (Å²) in [6, 6.07) is 12.2. The Morgan fingerprint density at radius 2 is 1.65 bits per heavy atom. The molecule has 8 N–H and O–H groups in total. The fourth-order valence-electron chi connectivity index (χ4n) is 4.39. The Balaban J connectivity index is 1.62. The van der Waals surface area contributed by atoms with Crippen LogP contribution in [0.1, 0.15) is 22.8 Å². The van der Waals surface area contributed by atoms with E-state index in [1.54, 1.807) is 30.3 Å². The Labute approximate surface area is 228 Å². The highest BCUT2D eigenvalue weighted by molar-refractivity contribution is 5.95. The highest BCUT2D eigenvalue weighted by atomic mass is 16.8. The zero-order chi connectivity index (χ0) is 29.2. The van der Waals surface area contributed by atoms with Crippen molar-refractivity contribution in [2.75, 3.05) is 6.61 Å². The molecule has 10 atom stereocenters. The minimum atomic E-state index is -3.02. The van der Waals surface area contributed by atoms with Crippen molar-refractivity contribution in [2.45, 2.75) is 74.6 Å². The highest BCUT2D eigenvalue weighted by Crippen LogP contribution is 2.38. The fraction of sp³-hybridized carbons (Fsp3) is 0.500. The second kappa shape index (κ2) is 12.3. The molecular weight excluding hydrogens is 536 g/mol. The second-order valence-electron chi connectivity index (χ2n) is 9.50. The smallest absolute Gasteiger partial charge is 0.346 e. The Hall–Kier alpha value is -2.89. The molecule has 40 heavy (non-hydrogen) atoms. The number of aliphatic hydroxyl groups is 7. The number of ether oxygens (including phenoxy) is 5. The van der Waals surface area contributed by atoms with Crippen LogP contribution in [-0.2, 0) is 25.6 Å². The summed E-state index contributed by atoms with van der Waals surface area (Å²) in [5.74, 6) is -5.17. The van der Waals surface area contributed by atoms with Crippen molar-refractivity contribution in [3.63, 3.8) is 0 Å². The van der Waals surface area contributed by atoms with E-state index in [4.69, 9.17) is 23.7 Å². The maximum Gasteiger partial charge on any atom is 0.346 e. The minimum absolute atomic E-state index is 0.167. The van der Waals surface area contributed by atoms with E-state index < -0.39 is 90.7 Å². The van der Waals surface area contributed by atoms with Crippen molar-refractivity contribution in [3.05, 3.63) is 59.7 Å². The molecule has 2 aliphatic rings. The summed E-state index contributed by atoms with van der Waals surface area (Å²) < 4.78 is 26.9. The van der Waals surface area contributed by atoms with Gasteiger partial charge in [-0.2, -0.15) is 0 Å². The molecule has 2 fully saturated rings. The van der Waals surface area contributed by atoms with Gasteiger partial charge in [-0.1, -0.05) is 36.4 Å². The molecule has 2 heterocycles. The number of phenolic OH excluding ortho intramolecular Hbond substituents is 1. The van der Waals surface area contributed by atoms with Gasteiger partial charge in [-0.15, -0.1) is 0 Å². The monoisotopic (exact) mass is 568 g/mol. The number of rotatable bonds is 8. The Morgan fingerprint density at radius 1 is 0.950 bits per heavy atom. The molecule has 14 heteroatoms. The number of esters is 1. The van der Waals surface area contributed by atoms with Crippen LogP contribution in [0, 0.1) is 0 Å². The molecule has 0 radical (unpaired) electrons. The van der Waals surface area contributed by atoms with Crippen LogP contribution < -0.4 is 4.74 Å². The van der Waals surface area contributed by atoms with Gasteiger partial charge in [0.2, 0.25) is 6.29 Å². The van der Waals surface area contributed by atoms with Gasteiger partial charge >= 0.3 is 5.97 Å². The van der Waals surface area contributed by atoms with E-state index in [0.717, 1.165) is 12.1 Å². The van der Waals surface area contributed by atoms with E-state index in [-0.39, 0.29) is 6.61 Å². The van der Waals surface area contributed by atoms with Crippen molar-refractivity contribution >= 4 is 5.97 Å². The lowest BCUT2D eigenvalue weighted by atomic mass is 9.95. The molecule has 0 bridgehead atoms. The summed E-state index contributed by atoms with van der Waals surface area (Å²) in [4.78, 5) is 12.9. The molecule has 6 unspecified atom stereocenters. The Bertz CT molecular complexity index is 1150. The van der Waals surface area contributed by atoms with Gasteiger partial charge < -0.3 is 64.5 Å². The van der Waals surface area contributed by atoms with Gasteiger partial charge in [0.15, 0.2) is 12.4 Å². The Kier molecular flexibility index (Phi) is 9.26. The van der Waals surface area contributed by atoms with E-state index in [1.807, 2.05) is 0 Å². The number of carbonyl (C=O) groups is 1. The van der Waals surface area contributed by atoms with Gasteiger partial charge in [0.05, 0.1) is 12.7 Å². The normalized spacial score (nSPS) is 36.1. The van der Waals surface area contributed by atoms with Crippen molar-refractivity contribution in [2.24, 2.45) is 0 Å². The summed E-state index contributed by atoms with van der Waals surface area (Å²) >= 11 is 0. The van der Waals surface area contributed by atoms with E-state index in [2.05, 4.69) is 0 Å². The third-order valence-electron chi connectivity index (χ3n) is 6.72. The number of aliphatic hydroxyl groups excluding tert-OH is 6. The molecule has 0 amide bonds. The molecule has 2 aromatic rings.